The normalized spacial score (nSPS) is 11.3. The van der Waals surface area contributed by atoms with Crippen molar-refractivity contribution in [3.8, 4) is 0 Å². The fourth-order valence-corrected chi connectivity index (χ4v) is 1.57. The van der Waals surface area contributed by atoms with E-state index in [4.69, 9.17) is 5.11 Å². The third-order valence-electron chi connectivity index (χ3n) is 2.17. The monoisotopic (exact) mass is 210 g/mol. The van der Waals surface area contributed by atoms with Crippen molar-refractivity contribution in [1.82, 2.24) is 9.97 Å². The smallest absolute Gasteiger partial charge is 0.371 e. The van der Waals surface area contributed by atoms with Crippen LogP contribution in [0.3, 0.4) is 0 Å². The average Bonchev–Trinajstić information content (AvgIpc) is 2.46. The van der Waals surface area contributed by atoms with Gasteiger partial charge in [0.05, 0.1) is 5.69 Å². The Kier molecular flexibility index (Phi) is 3.50. The lowest BCUT2D eigenvalue weighted by Gasteiger charge is -2.07. The number of hydrogen-bond donors (Lipinski definition) is 2. The van der Waals surface area contributed by atoms with Crippen LogP contribution in [0.25, 0.3) is 0 Å². The van der Waals surface area contributed by atoms with E-state index < -0.39 is 5.97 Å². The number of H-pyrrole nitrogens is 1. The van der Waals surface area contributed by atoms with Crippen molar-refractivity contribution in [2.45, 2.75) is 40.0 Å². The summed E-state index contributed by atoms with van der Waals surface area (Å²) in [5, 5.41) is 8.84. The van der Waals surface area contributed by atoms with Gasteiger partial charge in [0.15, 0.2) is 0 Å². The lowest BCUT2D eigenvalue weighted by molar-refractivity contribution is 0.0684. The van der Waals surface area contributed by atoms with Crippen LogP contribution in [0.15, 0.2) is 0 Å². The van der Waals surface area contributed by atoms with Gasteiger partial charge in [0.25, 0.3) is 0 Å². The lowest BCUT2D eigenvalue weighted by Crippen LogP contribution is -2.00. The molecule has 0 bridgehead atoms. The molecule has 0 saturated heterocycles. The summed E-state index contributed by atoms with van der Waals surface area (Å²) in [6, 6.07) is 0. The largest absolute Gasteiger partial charge is 0.475 e. The van der Waals surface area contributed by atoms with E-state index in [0.717, 1.165) is 17.8 Å². The predicted molar refractivity (Wildman–Crippen MR) is 58.2 cm³/mol. The molecular formula is C11H18N2O2. The van der Waals surface area contributed by atoms with Crippen molar-refractivity contribution < 1.29 is 9.90 Å². The highest BCUT2D eigenvalue weighted by Gasteiger charge is 2.17. The molecule has 0 aliphatic heterocycles. The van der Waals surface area contributed by atoms with Crippen molar-refractivity contribution in [3.63, 3.8) is 0 Å². The summed E-state index contributed by atoms with van der Waals surface area (Å²) in [7, 11) is 0. The molecule has 0 amide bonds. The molecule has 1 rings (SSSR count). The highest BCUT2D eigenvalue weighted by atomic mass is 16.4. The van der Waals surface area contributed by atoms with Crippen LogP contribution in [-0.2, 0) is 6.42 Å². The average molecular weight is 210 g/mol. The summed E-state index contributed by atoms with van der Waals surface area (Å²) in [5.41, 5.74) is 1.83. The van der Waals surface area contributed by atoms with Gasteiger partial charge in [-0.1, -0.05) is 27.7 Å². The Balaban J connectivity index is 3.06. The quantitative estimate of drug-likeness (QED) is 0.802. The number of carbonyl (C=O) groups is 1. The molecule has 0 fully saturated rings. The van der Waals surface area contributed by atoms with Crippen LogP contribution in [0.5, 0.6) is 0 Å². The summed E-state index contributed by atoms with van der Waals surface area (Å²) in [5.74, 6) is -0.200. The van der Waals surface area contributed by atoms with Gasteiger partial charge >= 0.3 is 5.97 Å². The topological polar surface area (TPSA) is 66.0 Å². The third kappa shape index (κ3) is 2.81. The second-order valence-electron chi connectivity index (χ2n) is 4.51. The number of imidazole rings is 1. The maximum atomic E-state index is 10.8. The Bertz CT molecular complexity index is 353. The molecular weight excluding hydrogens is 192 g/mol. The van der Waals surface area contributed by atoms with Crippen LogP contribution in [0, 0.1) is 5.92 Å². The summed E-state index contributed by atoms with van der Waals surface area (Å²) in [6.45, 7) is 8.24. The summed E-state index contributed by atoms with van der Waals surface area (Å²) >= 11 is 0. The Labute approximate surface area is 89.7 Å². The molecule has 4 nitrogen and oxygen atoms in total. The molecule has 0 atom stereocenters. The molecule has 0 aromatic carbocycles. The van der Waals surface area contributed by atoms with E-state index in [1.54, 1.807) is 0 Å². The van der Waals surface area contributed by atoms with Gasteiger partial charge < -0.3 is 10.1 Å². The van der Waals surface area contributed by atoms with Crippen LogP contribution in [0.1, 0.15) is 55.6 Å². The molecule has 0 spiro atoms. The summed E-state index contributed by atoms with van der Waals surface area (Å²) in [4.78, 5) is 17.8. The van der Waals surface area contributed by atoms with Crippen LogP contribution in [0.4, 0.5) is 0 Å². The van der Waals surface area contributed by atoms with Crippen LogP contribution in [0.2, 0.25) is 0 Å². The van der Waals surface area contributed by atoms with Crippen molar-refractivity contribution >= 4 is 5.97 Å². The van der Waals surface area contributed by atoms with Crippen LogP contribution in [-0.4, -0.2) is 21.0 Å². The van der Waals surface area contributed by atoms with Crippen LogP contribution < -0.4 is 0 Å². The van der Waals surface area contributed by atoms with Gasteiger partial charge in [-0.3, -0.25) is 0 Å². The Morgan fingerprint density at radius 2 is 2.00 bits per heavy atom. The number of carboxylic acids is 1. The van der Waals surface area contributed by atoms with Crippen molar-refractivity contribution in [2.24, 2.45) is 5.92 Å². The van der Waals surface area contributed by atoms with E-state index in [9.17, 15) is 4.79 Å². The highest BCUT2D eigenvalue weighted by Crippen LogP contribution is 2.19. The number of aromatic carboxylic acids is 1. The minimum atomic E-state index is -0.994. The van der Waals surface area contributed by atoms with Gasteiger partial charge in [-0.2, -0.15) is 0 Å². The van der Waals surface area contributed by atoms with Gasteiger partial charge in [-0.05, 0) is 18.3 Å². The van der Waals surface area contributed by atoms with Gasteiger partial charge in [0.2, 0.25) is 5.82 Å². The predicted octanol–water partition coefficient (Wildman–Crippen LogP) is 2.43. The number of aromatic nitrogens is 2. The highest BCUT2D eigenvalue weighted by molar-refractivity contribution is 5.83. The van der Waals surface area contributed by atoms with E-state index in [2.05, 4.69) is 23.8 Å². The second-order valence-corrected chi connectivity index (χ2v) is 4.51. The molecule has 84 valence electrons. The lowest BCUT2D eigenvalue weighted by atomic mass is 10.0. The summed E-state index contributed by atoms with van der Waals surface area (Å²) in [6.07, 6.45) is 0.841. The zero-order valence-electron chi connectivity index (χ0n) is 9.66. The molecule has 0 aliphatic carbocycles. The maximum Gasteiger partial charge on any atom is 0.371 e. The first-order valence-electron chi connectivity index (χ1n) is 5.23. The van der Waals surface area contributed by atoms with Gasteiger partial charge in [0.1, 0.15) is 0 Å². The number of hydrogen-bond acceptors (Lipinski definition) is 2. The Morgan fingerprint density at radius 1 is 1.40 bits per heavy atom. The first kappa shape index (κ1) is 11.8. The molecule has 15 heavy (non-hydrogen) atoms. The SMILES string of the molecule is CC(C)Cc1[nH]c(C(=O)O)nc1C(C)C. The molecule has 0 saturated carbocycles. The second kappa shape index (κ2) is 4.47. The number of carboxylic acid groups (broad SMARTS) is 1. The molecule has 2 N–H and O–H groups in total. The first-order valence-corrected chi connectivity index (χ1v) is 5.23. The molecule has 0 unspecified atom stereocenters. The molecule has 1 aromatic rings. The molecule has 4 heteroatoms. The third-order valence-corrected chi connectivity index (χ3v) is 2.17. The van der Waals surface area contributed by atoms with E-state index in [1.807, 2.05) is 13.8 Å². The summed E-state index contributed by atoms with van der Waals surface area (Å²) < 4.78 is 0. The van der Waals surface area contributed by atoms with E-state index >= 15 is 0 Å². The zero-order chi connectivity index (χ0) is 11.6. The van der Waals surface area contributed by atoms with Crippen molar-refractivity contribution in [2.75, 3.05) is 0 Å². The number of nitrogens with one attached hydrogen (secondary N) is 1. The van der Waals surface area contributed by atoms with Crippen molar-refractivity contribution in [1.29, 1.82) is 0 Å². The molecule has 1 aromatic heterocycles. The van der Waals surface area contributed by atoms with Crippen molar-refractivity contribution in [3.05, 3.63) is 17.2 Å². The zero-order valence-corrected chi connectivity index (χ0v) is 9.66. The van der Waals surface area contributed by atoms with Crippen LogP contribution >= 0.6 is 0 Å². The Hall–Kier alpha value is -1.32. The minimum Gasteiger partial charge on any atom is -0.475 e. The van der Waals surface area contributed by atoms with E-state index in [-0.39, 0.29) is 11.7 Å². The fraction of sp³-hybridized carbons (Fsp3) is 0.636. The van der Waals surface area contributed by atoms with Gasteiger partial charge in [-0.25, -0.2) is 9.78 Å². The van der Waals surface area contributed by atoms with E-state index in [1.165, 1.54) is 0 Å². The Morgan fingerprint density at radius 3 is 2.40 bits per heavy atom. The molecule has 0 aliphatic rings. The maximum absolute atomic E-state index is 10.8. The first-order chi connectivity index (χ1) is 6.91. The van der Waals surface area contributed by atoms with Gasteiger partial charge in [-0.15, -0.1) is 0 Å². The number of nitrogens with zero attached hydrogens (tertiary/aromatic N) is 1. The molecule has 0 radical (unpaired) electrons. The molecule has 1 heterocycles. The van der Waals surface area contributed by atoms with Gasteiger partial charge in [0, 0.05) is 5.69 Å². The standard InChI is InChI=1S/C11H18N2O2/c1-6(2)5-8-9(7(3)4)13-10(12-8)11(14)15/h6-7H,5H2,1-4H3,(H,12,13)(H,14,15). The number of aromatic amines is 1. The van der Waals surface area contributed by atoms with E-state index in [0.29, 0.717) is 5.92 Å². The minimum absolute atomic E-state index is 0.0503. The number of rotatable bonds is 4. The fourth-order valence-electron chi connectivity index (χ4n) is 1.57.